The SMILES string of the molecule is CCOc1cc(NC2(CC)CCC2)ccc1N. The van der Waals surface area contributed by atoms with Gasteiger partial charge >= 0.3 is 0 Å². The molecule has 3 heteroatoms. The first-order valence-electron chi connectivity index (χ1n) is 6.49. The van der Waals surface area contributed by atoms with E-state index >= 15 is 0 Å². The lowest BCUT2D eigenvalue weighted by Gasteiger charge is -2.43. The van der Waals surface area contributed by atoms with E-state index in [2.05, 4.69) is 12.2 Å². The van der Waals surface area contributed by atoms with Crippen molar-refractivity contribution >= 4 is 11.4 Å². The summed E-state index contributed by atoms with van der Waals surface area (Å²) in [5, 5.41) is 3.63. The molecule has 1 saturated carbocycles. The van der Waals surface area contributed by atoms with Crippen molar-refractivity contribution in [1.82, 2.24) is 0 Å². The normalized spacial score (nSPS) is 17.3. The molecule has 0 aliphatic heterocycles. The van der Waals surface area contributed by atoms with Crippen molar-refractivity contribution in [2.24, 2.45) is 0 Å². The number of nitrogens with two attached hydrogens (primary N) is 1. The minimum Gasteiger partial charge on any atom is -0.492 e. The van der Waals surface area contributed by atoms with Crippen LogP contribution in [-0.2, 0) is 0 Å². The third-order valence-electron chi connectivity index (χ3n) is 3.71. The molecular weight excluding hydrogens is 212 g/mol. The van der Waals surface area contributed by atoms with E-state index in [0.29, 0.717) is 17.8 Å². The van der Waals surface area contributed by atoms with E-state index < -0.39 is 0 Å². The van der Waals surface area contributed by atoms with Crippen molar-refractivity contribution in [3.8, 4) is 5.75 Å². The zero-order valence-electron chi connectivity index (χ0n) is 10.8. The number of anilines is 2. The van der Waals surface area contributed by atoms with Crippen LogP contribution in [0.5, 0.6) is 5.75 Å². The molecule has 0 heterocycles. The van der Waals surface area contributed by atoms with E-state index in [0.717, 1.165) is 11.4 Å². The molecule has 1 aromatic carbocycles. The highest BCUT2D eigenvalue weighted by Crippen LogP contribution is 2.39. The molecule has 0 radical (unpaired) electrons. The van der Waals surface area contributed by atoms with Crippen LogP contribution >= 0.6 is 0 Å². The Morgan fingerprint density at radius 2 is 2.12 bits per heavy atom. The highest BCUT2D eigenvalue weighted by molar-refractivity contribution is 5.62. The summed E-state index contributed by atoms with van der Waals surface area (Å²) in [5.74, 6) is 0.781. The molecule has 0 saturated heterocycles. The Hall–Kier alpha value is -1.38. The summed E-state index contributed by atoms with van der Waals surface area (Å²) >= 11 is 0. The summed E-state index contributed by atoms with van der Waals surface area (Å²) < 4.78 is 5.51. The minimum atomic E-state index is 0.305. The molecule has 1 aliphatic carbocycles. The standard InChI is InChI=1S/C14H22N2O/c1-3-14(8-5-9-14)16-11-6-7-12(15)13(10-11)17-4-2/h6-7,10,16H,3-5,8-9,15H2,1-2H3. The van der Waals surface area contributed by atoms with Crippen LogP contribution in [0.3, 0.4) is 0 Å². The van der Waals surface area contributed by atoms with Crippen molar-refractivity contribution in [1.29, 1.82) is 0 Å². The van der Waals surface area contributed by atoms with Gasteiger partial charge in [0, 0.05) is 17.3 Å². The van der Waals surface area contributed by atoms with Crippen LogP contribution in [0.4, 0.5) is 11.4 Å². The van der Waals surface area contributed by atoms with Gasteiger partial charge in [-0.25, -0.2) is 0 Å². The van der Waals surface area contributed by atoms with E-state index in [4.69, 9.17) is 10.5 Å². The topological polar surface area (TPSA) is 47.3 Å². The minimum absolute atomic E-state index is 0.305. The smallest absolute Gasteiger partial charge is 0.144 e. The lowest BCUT2D eigenvalue weighted by atomic mass is 9.74. The maximum absolute atomic E-state index is 5.87. The Morgan fingerprint density at radius 3 is 2.65 bits per heavy atom. The average Bonchev–Trinajstić information content (AvgIpc) is 2.28. The number of hydrogen-bond donors (Lipinski definition) is 2. The van der Waals surface area contributed by atoms with Gasteiger partial charge in [-0.15, -0.1) is 0 Å². The maximum Gasteiger partial charge on any atom is 0.144 e. The van der Waals surface area contributed by atoms with E-state index in [1.807, 2.05) is 25.1 Å². The van der Waals surface area contributed by atoms with Gasteiger partial charge in [-0.2, -0.15) is 0 Å². The van der Waals surface area contributed by atoms with Crippen molar-refractivity contribution < 1.29 is 4.74 Å². The van der Waals surface area contributed by atoms with Crippen LogP contribution in [0.1, 0.15) is 39.5 Å². The summed E-state index contributed by atoms with van der Waals surface area (Å²) in [4.78, 5) is 0. The molecule has 0 unspecified atom stereocenters. The summed E-state index contributed by atoms with van der Waals surface area (Å²) in [6.07, 6.45) is 5.02. The fourth-order valence-corrected chi connectivity index (χ4v) is 2.37. The van der Waals surface area contributed by atoms with E-state index in [1.54, 1.807) is 0 Å². The van der Waals surface area contributed by atoms with Gasteiger partial charge in [0.05, 0.1) is 12.3 Å². The van der Waals surface area contributed by atoms with E-state index in [-0.39, 0.29) is 0 Å². The Kier molecular flexibility index (Phi) is 3.46. The van der Waals surface area contributed by atoms with Crippen molar-refractivity contribution in [2.45, 2.75) is 45.1 Å². The van der Waals surface area contributed by atoms with Gasteiger partial charge in [-0.1, -0.05) is 6.92 Å². The lowest BCUT2D eigenvalue weighted by molar-refractivity contribution is 0.269. The molecule has 3 nitrogen and oxygen atoms in total. The van der Waals surface area contributed by atoms with Gasteiger partial charge in [-0.05, 0) is 44.7 Å². The number of rotatable bonds is 5. The van der Waals surface area contributed by atoms with Crippen LogP contribution in [-0.4, -0.2) is 12.1 Å². The monoisotopic (exact) mass is 234 g/mol. The number of nitrogen functional groups attached to an aromatic ring is 1. The van der Waals surface area contributed by atoms with Gasteiger partial charge in [0.1, 0.15) is 5.75 Å². The van der Waals surface area contributed by atoms with Crippen LogP contribution in [0.25, 0.3) is 0 Å². The van der Waals surface area contributed by atoms with Gasteiger partial charge in [0.2, 0.25) is 0 Å². The van der Waals surface area contributed by atoms with Gasteiger partial charge < -0.3 is 15.8 Å². The molecule has 1 aromatic rings. The second-order valence-corrected chi connectivity index (χ2v) is 4.80. The fourth-order valence-electron chi connectivity index (χ4n) is 2.37. The molecule has 0 bridgehead atoms. The van der Waals surface area contributed by atoms with Gasteiger partial charge in [0.25, 0.3) is 0 Å². The Bertz CT molecular complexity index is 380. The molecule has 17 heavy (non-hydrogen) atoms. The first kappa shape index (κ1) is 12.1. The number of nitrogens with one attached hydrogen (secondary N) is 1. The molecule has 0 atom stereocenters. The molecule has 0 aromatic heterocycles. The van der Waals surface area contributed by atoms with Gasteiger partial charge in [-0.3, -0.25) is 0 Å². The molecule has 0 amide bonds. The second kappa shape index (κ2) is 4.86. The van der Waals surface area contributed by atoms with Crippen LogP contribution in [0.15, 0.2) is 18.2 Å². The van der Waals surface area contributed by atoms with Crippen molar-refractivity contribution in [3.63, 3.8) is 0 Å². The maximum atomic E-state index is 5.87. The molecule has 94 valence electrons. The predicted octanol–water partition coefficient (Wildman–Crippen LogP) is 3.41. The third-order valence-corrected chi connectivity index (χ3v) is 3.71. The zero-order valence-corrected chi connectivity index (χ0v) is 10.8. The predicted molar refractivity (Wildman–Crippen MR) is 72.5 cm³/mol. The highest BCUT2D eigenvalue weighted by atomic mass is 16.5. The number of benzene rings is 1. The summed E-state index contributed by atoms with van der Waals surface area (Å²) in [5.41, 5.74) is 7.99. The van der Waals surface area contributed by atoms with Crippen LogP contribution in [0, 0.1) is 0 Å². The molecular formula is C14H22N2O. The van der Waals surface area contributed by atoms with Crippen LogP contribution in [0.2, 0.25) is 0 Å². The van der Waals surface area contributed by atoms with Crippen molar-refractivity contribution in [3.05, 3.63) is 18.2 Å². The Morgan fingerprint density at radius 1 is 1.35 bits per heavy atom. The number of ether oxygens (including phenoxy) is 1. The molecule has 1 aliphatic rings. The molecule has 0 spiro atoms. The summed E-state index contributed by atoms with van der Waals surface area (Å²) in [6.45, 7) is 4.86. The third kappa shape index (κ3) is 2.48. The number of hydrogen-bond acceptors (Lipinski definition) is 3. The summed E-state index contributed by atoms with van der Waals surface area (Å²) in [7, 11) is 0. The van der Waals surface area contributed by atoms with Gasteiger partial charge in [0.15, 0.2) is 0 Å². The quantitative estimate of drug-likeness (QED) is 0.767. The first-order chi connectivity index (χ1) is 8.19. The fraction of sp³-hybridized carbons (Fsp3) is 0.571. The highest BCUT2D eigenvalue weighted by Gasteiger charge is 2.34. The average molecular weight is 234 g/mol. The Labute approximate surface area is 103 Å². The molecule has 1 fully saturated rings. The first-order valence-corrected chi connectivity index (χ1v) is 6.49. The molecule has 3 N–H and O–H groups in total. The van der Waals surface area contributed by atoms with Crippen molar-refractivity contribution in [2.75, 3.05) is 17.7 Å². The zero-order chi connectivity index (χ0) is 12.3. The lowest BCUT2D eigenvalue weighted by Crippen LogP contribution is -2.44. The second-order valence-electron chi connectivity index (χ2n) is 4.80. The largest absolute Gasteiger partial charge is 0.492 e. The van der Waals surface area contributed by atoms with E-state index in [9.17, 15) is 0 Å². The van der Waals surface area contributed by atoms with Crippen LogP contribution < -0.4 is 15.8 Å². The Balaban J connectivity index is 2.13. The van der Waals surface area contributed by atoms with E-state index in [1.165, 1.54) is 25.7 Å². The summed E-state index contributed by atoms with van der Waals surface area (Å²) in [6, 6.07) is 5.96. The molecule has 2 rings (SSSR count).